The lowest BCUT2D eigenvalue weighted by Crippen LogP contribution is -2.19. The van der Waals surface area contributed by atoms with Gasteiger partial charge in [0.1, 0.15) is 11.3 Å². The maximum absolute atomic E-state index is 11.9. The summed E-state index contributed by atoms with van der Waals surface area (Å²) < 4.78 is 11.2. The average molecular weight is 441 g/mol. The lowest BCUT2D eigenvalue weighted by atomic mass is 10.1. The Bertz CT molecular complexity index is 1100. The molecule has 0 fully saturated rings. The van der Waals surface area contributed by atoms with E-state index >= 15 is 0 Å². The minimum atomic E-state index is -0.290. The fraction of sp³-hybridized carbons (Fsp3) is 0.360. The van der Waals surface area contributed by atoms with Crippen molar-refractivity contribution in [2.75, 3.05) is 20.2 Å². The molecule has 0 saturated carbocycles. The quantitative estimate of drug-likeness (QED) is 0.330. The predicted octanol–water partition coefficient (Wildman–Crippen LogP) is 5.38. The Morgan fingerprint density at radius 3 is 2.48 bits per heavy atom. The summed E-state index contributed by atoms with van der Waals surface area (Å²) in [5, 5.41) is 9.81. The van der Waals surface area contributed by atoms with Gasteiger partial charge in [-0.1, -0.05) is 12.1 Å². The number of nitriles is 1. The van der Waals surface area contributed by atoms with Crippen LogP contribution in [0.5, 0.6) is 5.75 Å². The van der Waals surface area contributed by atoms with Crippen molar-refractivity contribution in [3.63, 3.8) is 0 Å². The highest BCUT2D eigenvalue weighted by atomic mass is 35.5. The van der Waals surface area contributed by atoms with Gasteiger partial charge in [0.05, 0.1) is 18.2 Å². The van der Waals surface area contributed by atoms with Gasteiger partial charge in [0.15, 0.2) is 0 Å². The first-order valence-electron chi connectivity index (χ1n) is 10.3. The van der Waals surface area contributed by atoms with Gasteiger partial charge in [-0.3, -0.25) is 0 Å². The molecule has 0 aliphatic heterocycles. The molecule has 1 heterocycles. The number of rotatable bonds is 9. The summed E-state index contributed by atoms with van der Waals surface area (Å²) in [5.74, 6) is 0.729. The molecule has 0 saturated heterocycles. The van der Waals surface area contributed by atoms with Crippen LogP contribution in [0.3, 0.4) is 0 Å². The Balaban J connectivity index is 0.00000341. The molecule has 3 rings (SSSR count). The van der Waals surface area contributed by atoms with Crippen molar-refractivity contribution < 1.29 is 9.15 Å². The van der Waals surface area contributed by atoms with Crippen LogP contribution in [0, 0.1) is 25.2 Å². The van der Waals surface area contributed by atoms with Crippen molar-refractivity contribution in [3.8, 4) is 11.8 Å². The third kappa shape index (κ3) is 6.58. The lowest BCUT2D eigenvalue weighted by molar-refractivity contribution is 0.287. The summed E-state index contributed by atoms with van der Waals surface area (Å²) >= 11 is 0. The van der Waals surface area contributed by atoms with E-state index in [9.17, 15) is 4.79 Å². The molecule has 0 aliphatic rings. The highest BCUT2D eigenvalue weighted by Crippen LogP contribution is 2.24. The van der Waals surface area contributed by atoms with E-state index in [2.05, 4.69) is 18.0 Å². The van der Waals surface area contributed by atoms with Gasteiger partial charge in [-0.15, -0.1) is 12.4 Å². The van der Waals surface area contributed by atoms with Crippen LogP contribution in [0.4, 0.5) is 0 Å². The normalized spacial score (nSPS) is 10.7. The van der Waals surface area contributed by atoms with Crippen molar-refractivity contribution in [3.05, 3.63) is 75.1 Å². The highest BCUT2D eigenvalue weighted by Gasteiger charge is 2.08. The highest BCUT2D eigenvalue weighted by molar-refractivity contribution is 5.85. The van der Waals surface area contributed by atoms with Crippen molar-refractivity contribution in [2.24, 2.45) is 0 Å². The Morgan fingerprint density at radius 1 is 1.03 bits per heavy atom. The van der Waals surface area contributed by atoms with Crippen molar-refractivity contribution in [2.45, 2.75) is 39.7 Å². The van der Waals surface area contributed by atoms with Gasteiger partial charge < -0.3 is 14.1 Å². The van der Waals surface area contributed by atoms with Gasteiger partial charge in [0.25, 0.3) is 0 Å². The molecule has 0 radical (unpaired) electrons. The number of halogens is 1. The van der Waals surface area contributed by atoms with Crippen molar-refractivity contribution >= 4 is 23.4 Å². The van der Waals surface area contributed by atoms with Crippen LogP contribution >= 0.6 is 12.4 Å². The Hall–Kier alpha value is -2.81. The van der Waals surface area contributed by atoms with E-state index in [1.807, 2.05) is 43.3 Å². The van der Waals surface area contributed by atoms with Gasteiger partial charge >= 0.3 is 5.63 Å². The summed E-state index contributed by atoms with van der Waals surface area (Å²) in [5.41, 5.74) is 3.80. The summed E-state index contributed by atoms with van der Waals surface area (Å²) in [6.45, 7) is 6.25. The molecule has 0 spiro atoms. The molecule has 2 aromatic carbocycles. The molecule has 6 heteroatoms. The molecule has 0 aliphatic carbocycles. The Labute approximate surface area is 189 Å². The maximum atomic E-state index is 11.9. The second-order valence-electron chi connectivity index (χ2n) is 7.75. The van der Waals surface area contributed by atoms with Gasteiger partial charge in [0.2, 0.25) is 0 Å². The minimum absolute atomic E-state index is 0. The van der Waals surface area contributed by atoms with E-state index in [0.29, 0.717) is 23.3 Å². The molecule has 0 unspecified atom stereocenters. The number of fused-ring (bicyclic) bond motifs is 1. The number of hydrogen-bond donors (Lipinski definition) is 0. The Morgan fingerprint density at radius 2 is 1.77 bits per heavy atom. The number of ether oxygens (including phenoxy) is 1. The third-order valence-corrected chi connectivity index (χ3v) is 5.42. The molecule has 1 aromatic heterocycles. The number of unbranched alkanes of at least 4 members (excludes halogenated alkanes) is 2. The number of aryl methyl sites for hydroxylation is 1. The molecule has 31 heavy (non-hydrogen) atoms. The van der Waals surface area contributed by atoms with E-state index in [0.717, 1.165) is 49.1 Å². The molecule has 0 atom stereocenters. The molecule has 3 aromatic rings. The van der Waals surface area contributed by atoms with Crippen LogP contribution in [-0.4, -0.2) is 25.1 Å². The molecule has 0 amide bonds. The molecule has 164 valence electrons. The maximum Gasteiger partial charge on any atom is 0.339 e. The van der Waals surface area contributed by atoms with Gasteiger partial charge in [0, 0.05) is 23.6 Å². The predicted molar refractivity (Wildman–Crippen MR) is 126 cm³/mol. The number of nitrogens with zero attached hydrogens (tertiary/aromatic N) is 2. The van der Waals surface area contributed by atoms with E-state index in [-0.39, 0.29) is 18.0 Å². The third-order valence-electron chi connectivity index (χ3n) is 5.42. The van der Waals surface area contributed by atoms with Crippen LogP contribution in [0.25, 0.3) is 11.0 Å². The van der Waals surface area contributed by atoms with Crippen molar-refractivity contribution in [1.29, 1.82) is 5.26 Å². The SMILES string of the molecule is Cc1c(C)c2ccc(OCCCCCN(C)Cc3ccc(C#N)cc3)cc2oc1=O.Cl. The minimum Gasteiger partial charge on any atom is -0.493 e. The molecule has 5 nitrogen and oxygen atoms in total. The summed E-state index contributed by atoms with van der Waals surface area (Å²) in [6, 6.07) is 15.6. The number of hydrogen-bond acceptors (Lipinski definition) is 5. The second kappa shape index (κ2) is 11.5. The van der Waals surface area contributed by atoms with Crippen LogP contribution in [0.2, 0.25) is 0 Å². The molecule has 0 bridgehead atoms. The molecular weight excluding hydrogens is 412 g/mol. The topological polar surface area (TPSA) is 66.5 Å². The number of benzene rings is 2. The molecular formula is C25H29ClN2O3. The van der Waals surface area contributed by atoms with E-state index < -0.39 is 0 Å². The Kier molecular flexibility index (Phi) is 9.11. The zero-order valence-electron chi connectivity index (χ0n) is 18.3. The molecule has 0 N–H and O–H groups in total. The van der Waals surface area contributed by atoms with Crippen LogP contribution in [0.1, 0.15) is 41.5 Å². The lowest BCUT2D eigenvalue weighted by Gasteiger charge is -2.16. The fourth-order valence-electron chi connectivity index (χ4n) is 3.44. The van der Waals surface area contributed by atoms with Gasteiger partial charge in [-0.05, 0) is 82.1 Å². The smallest absolute Gasteiger partial charge is 0.339 e. The first-order valence-corrected chi connectivity index (χ1v) is 10.3. The van der Waals surface area contributed by atoms with E-state index in [1.54, 1.807) is 13.0 Å². The van der Waals surface area contributed by atoms with E-state index in [1.165, 1.54) is 5.56 Å². The average Bonchev–Trinajstić information content (AvgIpc) is 2.75. The largest absolute Gasteiger partial charge is 0.493 e. The zero-order chi connectivity index (χ0) is 21.5. The first kappa shape index (κ1) is 24.5. The first-order chi connectivity index (χ1) is 14.5. The van der Waals surface area contributed by atoms with Crippen LogP contribution < -0.4 is 10.4 Å². The van der Waals surface area contributed by atoms with Gasteiger partial charge in [-0.2, -0.15) is 5.26 Å². The van der Waals surface area contributed by atoms with Crippen molar-refractivity contribution in [1.82, 2.24) is 4.90 Å². The summed E-state index contributed by atoms with van der Waals surface area (Å²) in [4.78, 5) is 14.2. The monoisotopic (exact) mass is 440 g/mol. The fourth-order valence-corrected chi connectivity index (χ4v) is 3.44. The van der Waals surface area contributed by atoms with E-state index in [4.69, 9.17) is 14.4 Å². The second-order valence-corrected chi connectivity index (χ2v) is 7.75. The standard InChI is InChI=1S/C25H28N2O3.ClH/c1-18-19(2)25(28)30-24-15-22(11-12-23(18)24)29-14-6-4-5-13-27(3)17-21-9-7-20(16-26)8-10-21;/h7-12,15H,4-6,13-14,17H2,1-3H3;1H. The summed E-state index contributed by atoms with van der Waals surface area (Å²) in [6.07, 6.45) is 3.15. The summed E-state index contributed by atoms with van der Waals surface area (Å²) in [7, 11) is 2.11. The zero-order valence-corrected chi connectivity index (χ0v) is 19.1. The van der Waals surface area contributed by atoms with Crippen LogP contribution in [-0.2, 0) is 6.54 Å². The van der Waals surface area contributed by atoms with Gasteiger partial charge in [-0.25, -0.2) is 4.79 Å². The van der Waals surface area contributed by atoms with Crippen LogP contribution in [0.15, 0.2) is 51.7 Å².